The summed E-state index contributed by atoms with van der Waals surface area (Å²) in [6, 6.07) is 8.84. The maximum absolute atomic E-state index is 4.49. The van der Waals surface area contributed by atoms with E-state index in [2.05, 4.69) is 43.1 Å². The minimum absolute atomic E-state index is 0.407. The van der Waals surface area contributed by atoms with Gasteiger partial charge in [-0.2, -0.15) is 0 Å². The number of fused-ring (bicyclic) bond motifs is 3. The molecule has 0 N–H and O–H groups in total. The Bertz CT molecular complexity index is 652. The van der Waals surface area contributed by atoms with Crippen LogP contribution in [0.25, 0.3) is 19.4 Å². The van der Waals surface area contributed by atoms with E-state index in [0.29, 0.717) is 14.5 Å². The number of rotatable bonds is 0. The van der Waals surface area contributed by atoms with E-state index in [1.165, 1.54) is 30.6 Å². The monoisotopic (exact) mass is 261 g/mol. The van der Waals surface area contributed by atoms with E-state index in [1.54, 1.807) is 0 Å². The van der Waals surface area contributed by atoms with Gasteiger partial charge in [0, 0.05) is 0 Å². The third-order valence-electron chi connectivity index (χ3n) is 2.74. The van der Waals surface area contributed by atoms with Gasteiger partial charge < -0.3 is 0 Å². The quantitative estimate of drug-likeness (QED) is 0.566. The molecule has 0 bridgehead atoms. The Kier molecular flexibility index (Phi) is 1.95. The van der Waals surface area contributed by atoms with Gasteiger partial charge in [0.1, 0.15) is 0 Å². The summed E-state index contributed by atoms with van der Waals surface area (Å²) in [5, 5.41) is 2.80. The second kappa shape index (κ2) is 3.19. The van der Waals surface area contributed by atoms with Gasteiger partial charge in [0.25, 0.3) is 0 Å². The third kappa shape index (κ3) is 1.33. The molecule has 3 rings (SSSR count). The Morgan fingerprint density at radius 2 is 2.00 bits per heavy atom. The zero-order chi connectivity index (χ0) is 10.4. The number of aryl methyl sites for hydroxylation is 2. The van der Waals surface area contributed by atoms with Gasteiger partial charge in [-0.25, -0.2) is 0 Å². The van der Waals surface area contributed by atoms with Crippen molar-refractivity contribution in [3.05, 3.63) is 41.6 Å². The summed E-state index contributed by atoms with van der Waals surface area (Å²) in [5.74, 6) is 0. The number of pyridine rings is 1. The van der Waals surface area contributed by atoms with Gasteiger partial charge in [0.2, 0.25) is 0 Å². The molecule has 2 heteroatoms. The molecule has 1 nitrogen and oxygen atoms in total. The second-order valence-electron chi connectivity index (χ2n) is 3.91. The summed E-state index contributed by atoms with van der Waals surface area (Å²) in [4.78, 5) is 4.49. The zero-order valence-corrected chi connectivity index (χ0v) is 10.5. The van der Waals surface area contributed by atoms with Crippen molar-refractivity contribution in [3.8, 4) is 0 Å². The van der Waals surface area contributed by atoms with Crippen molar-refractivity contribution in [3.63, 3.8) is 0 Å². The van der Waals surface area contributed by atoms with Crippen LogP contribution in [0, 0.1) is 13.8 Å². The van der Waals surface area contributed by atoms with Gasteiger partial charge in [-0.3, -0.25) is 0 Å². The average Bonchev–Trinajstić information content (AvgIpc) is 2.57. The Morgan fingerprint density at radius 3 is 2.87 bits per heavy atom. The van der Waals surface area contributed by atoms with Gasteiger partial charge in [0.05, 0.1) is 0 Å². The maximum atomic E-state index is 4.49. The first kappa shape index (κ1) is 9.14. The topological polar surface area (TPSA) is 12.9 Å². The average molecular weight is 260 g/mol. The van der Waals surface area contributed by atoms with E-state index < -0.39 is 0 Å². The molecule has 0 aliphatic carbocycles. The Morgan fingerprint density at radius 1 is 1.13 bits per heavy atom. The van der Waals surface area contributed by atoms with Crippen LogP contribution in [-0.4, -0.2) is 19.5 Å². The molecule has 2 heterocycles. The summed E-state index contributed by atoms with van der Waals surface area (Å²) in [6.45, 7) is 4.32. The number of benzene rings is 1. The Labute approximate surface area is 94.5 Å². The first-order chi connectivity index (χ1) is 7.25. The molecule has 2 aromatic heterocycles. The molecule has 0 aliphatic rings. The van der Waals surface area contributed by atoms with E-state index in [4.69, 9.17) is 0 Å². The predicted molar refractivity (Wildman–Crippen MR) is 65.7 cm³/mol. The molecule has 0 spiro atoms. The molecule has 0 amide bonds. The summed E-state index contributed by atoms with van der Waals surface area (Å²) < 4.78 is 2.77. The standard InChI is InChI=1S/C13H11NSe/c1-8-3-4-11-10(7-8)12-9(2)5-6-14-13(12)15-11/h3-7H,1-2H3. The molecule has 0 fully saturated rings. The second-order valence-corrected chi connectivity index (χ2v) is 6.07. The van der Waals surface area contributed by atoms with E-state index in [-0.39, 0.29) is 0 Å². The van der Waals surface area contributed by atoms with Crippen LogP contribution in [0.3, 0.4) is 0 Å². The molecule has 3 aromatic rings. The number of nitrogens with zero attached hydrogens (tertiary/aromatic N) is 1. The molecular formula is C13H11NSe. The van der Waals surface area contributed by atoms with Gasteiger partial charge in [-0.05, 0) is 0 Å². The minimum atomic E-state index is 0.407. The Balaban J connectivity index is 2.61. The SMILES string of the molecule is Cc1ccc2[se]c3nccc(C)c3c2c1. The van der Waals surface area contributed by atoms with Gasteiger partial charge in [-0.15, -0.1) is 0 Å². The normalized spacial score (nSPS) is 11.3. The number of hydrogen-bond acceptors (Lipinski definition) is 1. The van der Waals surface area contributed by atoms with Gasteiger partial charge in [-0.1, -0.05) is 0 Å². The van der Waals surface area contributed by atoms with Crippen molar-refractivity contribution >= 4 is 33.9 Å². The van der Waals surface area contributed by atoms with E-state index >= 15 is 0 Å². The fourth-order valence-electron chi connectivity index (χ4n) is 1.97. The first-order valence-corrected chi connectivity index (χ1v) is 6.71. The third-order valence-corrected chi connectivity index (χ3v) is 5.00. The van der Waals surface area contributed by atoms with Crippen molar-refractivity contribution in [2.75, 3.05) is 0 Å². The summed E-state index contributed by atoms with van der Waals surface area (Å²) >= 11 is 0.407. The van der Waals surface area contributed by atoms with Crippen LogP contribution >= 0.6 is 0 Å². The molecule has 15 heavy (non-hydrogen) atoms. The van der Waals surface area contributed by atoms with Crippen molar-refractivity contribution in [1.82, 2.24) is 4.98 Å². The van der Waals surface area contributed by atoms with Crippen molar-refractivity contribution in [2.24, 2.45) is 0 Å². The molecule has 0 aliphatic heterocycles. The first-order valence-electron chi connectivity index (χ1n) is 5.00. The van der Waals surface area contributed by atoms with Crippen molar-refractivity contribution in [2.45, 2.75) is 13.8 Å². The Hall–Kier alpha value is -1.11. The molecular weight excluding hydrogens is 249 g/mol. The molecule has 0 unspecified atom stereocenters. The zero-order valence-electron chi connectivity index (χ0n) is 8.74. The van der Waals surface area contributed by atoms with Crippen LogP contribution in [0.5, 0.6) is 0 Å². The molecule has 0 radical (unpaired) electrons. The molecule has 0 saturated heterocycles. The fraction of sp³-hybridized carbons (Fsp3) is 0.154. The summed E-state index contributed by atoms with van der Waals surface area (Å²) in [6.07, 6.45) is 1.93. The fourth-order valence-corrected chi connectivity index (χ4v) is 4.28. The van der Waals surface area contributed by atoms with E-state index in [9.17, 15) is 0 Å². The number of aromatic nitrogens is 1. The van der Waals surface area contributed by atoms with Crippen LogP contribution in [0.2, 0.25) is 0 Å². The van der Waals surface area contributed by atoms with Crippen LogP contribution in [-0.2, 0) is 0 Å². The molecule has 74 valence electrons. The van der Waals surface area contributed by atoms with Crippen molar-refractivity contribution in [1.29, 1.82) is 0 Å². The predicted octanol–water partition coefficient (Wildman–Crippen LogP) is 3.06. The molecule has 0 saturated carbocycles. The van der Waals surface area contributed by atoms with E-state index in [1.807, 2.05) is 6.20 Å². The van der Waals surface area contributed by atoms with E-state index in [0.717, 1.165) is 0 Å². The van der Waals surface area contributed by atoms with Crippen molar-refractivity contribution < 1.29 is 0 Å². The molecule has 0 atom stereocenters. The van der Waals surface area contributed by atoms with Crippen LogP contribution in [0.15, 0.2) is 30.5 Å². The van der Waals surface area contributed by atoms with Crippen LogP contribution in [0.4, 0.5) is 0 Å². The van der Waals surface area contributed by atoms with Gasteiger partial charge >= 0.3 is 94.3 Å². The van der Waals surface area contributed by atoms with Gasteiger partial charge in [0.15, 0.2) is 0 Å². The van der Waals surface area contributed by atoms with Crippen LogP contribution < -0.4 is 0 Å². The summed E-state index contributed by atoms with van der Waals surface area (Å²) in [5.41, 5.74) is 2.69. The summed E-state index contributed by atoms with van der Waals surface area (Å²) in [7, 11) is 0. The van der Waals surface area contributed by atoms with Crippen LogP contribution in [0.1, 0.15) is 11.1 Å². The molecule has 1 aromatic carbocycles. The number of hydrogen-bond donors (Lipinski definition) is 0.